The molecule has 1 aromatic heterocycles. The van der Waals surface area contributed by atoms with Gasteiger partial charge in [0.05, 0.1) is 17.8 Å². The Morgan fingerprint density at radius 3 is 3.17 bits per heavy atom. The lowest BCUT2D eigenvalue weighted by Gasteiger charge is -2.22. The molecule has 6 heteroatoms. The van der Waals surface area contributed by atoms with E-state index in [-0.39, 0.29) is 12.0 Å². The number of nitrogens with zero attached hydrogens (tertiary/aromatic N) is 2. The van der Waals surface area contributed by atoms with Gasteiger partial charge in [0.2, 0.25) is 0 Å². The Hall–Kier alpha value is -1.33. The first kappa shape index (κ1) is 13.1. The van der Waals surface area contributed by atoms with E-state index in [0.29, 0.717) is 23.1 Å². The lowest BCUT2D eigenvalue weighted by Crippen LogP contribution is -2.36. The summed E-state index contributed by atoms with van der Waals surface area (Å²) in [5, 5.41) is 0.569. The summed E-state index contributed by atoms with van der Waals surface area (Å²) in [5.74, 6) is 0.232. The number of anilines is 1. The SMILES string of the molecule is COC(=O)C1CCCN1Cc1nc(N)ccc1Cl. The van der Waals surface area contributed by atoms with Gasteiger partial charge < -0.3 is 10.5 Å². The zero-order valence-electron chi connectivity index (χ0n) is 10.2. The number of pyridine rings is 1. The first-order valence-corrected chi connectivity index (χ1v) is 6.22. The van der Waals surface area contributed by atoms with Crippen LogP contribution < -0.4 is 5.73 Å². The third-order valence-corrected chi connectivity index (χ3v) is 3.47. The Labute approximate surface area is 111 Å². The average molecular weight is 270 g/mol. The molecule has 2 N–H and O–H groups in total. The molecule has 0 aromatic carbocycles. The monoisotopic (exact) mass is 269 g/mol. The van der Waals surface area contributed by atoms with E-state index in [9.17, 15) is 4.79 Å². The predicted molar refractivity (Wildman–Crippen MR) is 69.1 cm³/mol. The van der Waals surface area contributed by atoms with Gasteiger partial charge in [-0.3, -0.25) is 9.69 Å². The van der Waals surface area contributed by atoms with Gasteiger partial charge in [-0.25, -0.2) is 4.98 Å². The van der Waals surface area contributed by atoms with Crippen molar-refractivity contribution in [2.24, 2.45) is 0 Å². The number of halogens is 1. The minimum Gasteiger partial charge on any atom is -0.468 e. The fourth-order valence-electron chi connectivity index (χ4n) is 2.22. The van der Waals surface area contributed by atoms with Crippen molar-refractivity contribution in [3.05, 3.63) is 22.8 Å². The zero-order valence-corrected chi connectivity index (χ0v) is 11.0. The Kier molecular flexibility index (Phi) is 4.04. The molecule has 0 spiro atoms. The van der Waals surface area contributed by atoms with Crippen LogP contribution >= 0.6 is 11.6 Å². The number of likely N-dealkylation sites (tertiary alicyclic amines) is 1. The topological polar surface area (TPSA) is 68.5 Å². The van der Waals surface area contributed by atoms with Crippen molar-refractivity contribution in [2.45, 2.75) is 25.4 Å². The highest BCUT2D eigenvalue weighted by molar-refractivity contribution is 6.31. The summed E-state index contributed by atoms with van der Waals surface area (Å²) in [4.78, 5) is 17.9. The number of methoxy groups -OCH3 is 1. The van der Waals surface area contributed by atoms with Crippen LogP contribution in [0.5, 0.6) is 0 Å². The molecule has 0 aliphatic carbocycles. The Morgan fingerprint density at radius 2 is 2.44 bits per heavy atom. The summed E-state index contributed by atoms with van der Waals surface area (Å²) >= 11 is 6.07. The van der Waals surface area contributed by atoms with E-state index in [1.165, 1.54) is 7.11 Å². The summed E-state index contributed by atoms with van der Waals surface area (Å²) in [5.41, 5.74) is 6.34. The molecule has 2 rings (SSSR count). The van der Waals surface area contributed by atoms with Crippen LogP contribution in [-0.2, 0) is 16.1 Å². The highest BCUT2D eigenvalue weighted by atomic mass is 35.5. The van der Waals surface area contributed by atoms with Gasteiger partial charge in [-0.15, -0.1) is 0 Å². The van der Waals surface area contributed by atoms with Crippen LogP contribution in [0.2, 0.25) is 5.02 Å². The van der Waals surface area contributed by atoms with Crippen LogP contribution in [0.3, 0.4) is 0 Å². The van der Waals surface area contributed by atoms with Crippen LogP contribution in [0.4, 0.5) is 5.82 Å². The van der Waals surface area contributed by atoms with E-state index in [0.717, 1.165) is 19.4 Å². The number of carbonyl (C=O) groups excluding carboxylic acids is 1. The van der Waals surface area contributed by atoms with Crippen molar-refractivity contribution in [1.29, 1.82) is 0 Å². The van der Waals surface area contributed by atoms with Crippen LogP contribution in [-0.4, -0.2) is 35.5 Å². The Balaban J connectivity index is 2.13. The van der Waals surface area contributed by atoms with Crippen molar-refractivity contribution in [2.75, 3.05) is 19.4 Å². The number of carbonyl (C=O) groups is 1. The fourth-order valence-corrected chi connectivity index (χ4v) is 2.39. The summed E-state index contributed by atoms with van der Waals surface area (Å²) < 4.78 is 4.80. The van der Waals surface area contributed by atoms with Gasteiger partial charge in [0.15, 0.2) is 0 Å². The van der Waals surface area contributed by atoms with Crippen LogP contribution in [0.15, 0.2) is 12.1 Å². The highest BCUT2D eigenvalue weighted by Gasteiger charge is 2.31. The molecule has 18 heavy (non-hydrogen) atoms. The average Bonchev–Trinajstić information content (AvgIpc) is 2.81. The van der Waals surface area contributed by atoms with Gasteiger partial charge in [0.1, 0.15) is 11.9 Å². The van der Waals surface area contributed by atoms with Crippen LogP contribution in [0, 0.1) is 0 Å². The summed E-state index contributed by atoms with van der Waals surface area (Å²) in [6.45, 7) is 1.36. The molecule has 1 fully saturated rings. The maximum Gasteiger partial charge on any atom is 0.323 e. The van der Waals surface area contributed by atoms with Gasteiger partial charge >= 0.3 is 5.97 Å². The molecule has 5 nitrogen and oxygen atoms in total. The van der Waals surface area contributed by atoms with Crippen molar-refractivity contribution < 1.29 is 9.53 Å². The maximum absolute atomic E-state index is 11.6. The lowest BCUT2D eigenvalue weighted by atomic mass is 10.2. The molecule has 0 saturated carbocycles. The van der Waals surface area contributed by atoms with Crippen LogP contribution in [0.1, 0.15) is 18.5 Å². The first-order valence-electron chi connectivity index (χ1n) is 5.84. The van der Waals surface area contributed by atoms with Crippen molar-refractivity contribution >= 4 is 23.4 Å². The molecular formula is C12H16ClN3O2. The van der Waals surface area contributed by atoms with E-state index in [1.54, 1.807) is 12.1 Å². The van der Waals surface area contributed by atoms with Gasteiger partial charge in [0, 0.05) is 6.54 Å². The van der Waals surface area contributed by atoms with Gasteiger partial charge in [0.25, 0.3) is 0 Å². The minimum absolute atomic E-state index is 0.200. The molecule has 1 atom stereocenters. The van der Waals surface area contributed by atoms with Crippen LogP contribution in [0.25, 0.3) is 0 Å². The molecule has 1 aromatic rings. The number of esters is 1. The van der Waals surface area contributed by atoms with Gasteiger partial charge in [-0.1, -0.05) is 11.6 Å². The molecule has 0 bridgehead atoms. The number of aromatic nitrogens is 1. The minimum atomic E-state index is -0.201. The normalized spacial score (nSPS) is 20.0. The standard InChI is InChI=1S/C12H16ClN3O2/c1-18-12(17)10-3-2-6-16(10)7-9-8(13)4-5-11(14)15-9/h4-5,10H,2-3,6-7H2,1H3,(H2,14,15). The maximum atomic E-state index is 11.6. The Morgan fingerprint density at radius 1 is 1.67 bits per heavy atom. The number of nitrogens with two attached hydrogens (primary N) is 1. The van der Waals surface area contributed by atoms with E-state index >= 15 is 0 Å². The molecule has 1 aliphatic heterocycles. The van der Waals surface area contributed by atoms with E-state index in [4.69, 9.17) is 22.1 Å². The summed E-state index contributed by atoms with van der Waals surface area (Å²) in [6.07, 6.45) is 1.78. The molecule has 0 amide bonds. The largest absolute Gasteiger partial charge is 0.468 e. The third kappa shape index (κ3) is 2.73. The highest BCUT2D eigenvalue weighted by Crippen LogP contribution is 2.23. The van der Waals surface area contributed by atoms with Gasteiger partial charge in [-0.05, 0) is 31.5 Å². The lowest BCUT2D eigenvalue weighted by molar-refractivity contribution is -0.146. The predicted octanol–water partition coefficient (Wildman–Crippen LogP) is 1.45. The second-order valence-electron chi connectivity index (χ2n) is 4.32. The second-order valence-corrected chi connectivity index (χ2v) is 4.72. The van der Waals surface area contributed by atoms with Crippen molar-refractivity contribution in [1.82, 2.24) is 9.88 Å². The molecule has 1 aliphatic rings. The molecule has 0 radical (unpaired) electrons. The first-order chi connectivity index (χ1) is 8.61. The van der Waals surface area contributed by atoms with E-state index in [2.05, 4.69) is 4.98 Å². The second kappa shape index (κ2) is 5.54. The molecule has 1 saturated heterocycles. The third-order valence-electron chi connectivity index (χ3n) is 3.13. The number of nitrogen functional groups attached to an aromatic ring is 1. The summed E-state index contributed by atoms with van der Waals surface area (Å²) in [7, 11) is 1.41. The number of ether oxygens (including phenoxy) is 1. The molecule has 98 valence electrons. The molecule has 1 unspecified atom stereocenters. The van der Waals surface area contributed by atoms with Crippen molar-refractivity contribution in [3.63, 3.8) is 0 Å². The van der Waals surface area contributed by atoms with Gasteiger partial charge in [-0.2, -0.15) is 0 Å². The number of hydrogen-bond donors (Lipinski definition) is 1. The number of hydrogen-bond acceptors (Lipinski definition) is 5. The molecular weight excluding hydrogens is 254 g/mol. The summed E-state index contributed by atoms with van der Waals surface area (Å²) in [6, 6.07) is 3.19. The van der Waals surface area contributed by atoms with E-state index in [1.807, 2.05) is 4.90 Å². The Bertz CT molecular complexity index is 453. The van der Waals surface area contributed by atoms with Crippen molar-refractivity contribution in [3.8, 4) is 0 Å². The van der Waals surface area contributed by atoms with E-state index < -0.39 is 0 Å². The quantitative estimate of drug-likeness (QED) is 0.842. The number of rotatable bonds is 3. The fraction of sp³-hybridized carbons (Fsp3) is 0.500. The smallest absolute Gasteiger partial charge is 0.323 e. The molecule has 2 heterocycles. The zero-order chi connectivity index (χ0) is 13.1.